The van der Waals surface area contributed by atoms with Crippen LogP contribution in [0.1, 0.15) is 26.7 Å². The second-order valence-corrected chi connectivity index (χ2v) is 3.08. The molecule has 60 valence electrons. The lowest BCUT2D eigenvalue weighted by Gasteiger charge is -2.08. The van der Waals surface area contributed by atoms with Crippen LogP contribution < -0.4 is 0 Å². The summed E-state index contributed by atoms with van der Waals surface area (Å²) in [6.07, 6.45) is 13.4. The van der Waals surface area contributed by atoms with Gasteiger partial charge in [-0.25, -0.2) is 0 Å². The molecule has 0 aromatic heterocycles. The van der Waals surface area contributed by atoms with Gasteiger partial charge in [-0.3, -0.25) is 0 Å². The zero-order chi connectivity index (χ0) is 8.10. The van der Waals surface area contributed by atoms with E-state index in [9.17, 15) is 0 Å². The summed E-state index contributed by atoms with van der Waals surface area (Å²) >= 11 is 0. The molecule has 11 heavy (non-hydrogen) atoms. The van der Waals surface area contributed by atoms with Gasteiger partial charge in [0.15, 0.2) is 0 Å². The third kappa shape index (κ3) is 2.75. The van der Waals surface area contributed by atoms with E-state index >= 15 is 0 Å². The molecular weight excluding hydrogens is 132 g/mol. The fourth-order valence-corrected chi connectivity index (χ4v) is 1.21. The number of allylic oxidation sites excluding steroid dienone is 6. The van der Waals surface area contributed by atoms with E-state index in [-0.39, 0.29) is 0 Å². The molecule has 0 heteroatoms. The normalized spacial score (nSPS) is 24.2. The molecule has 0 heterocycles. The standard InChI is InChI=1S/C11H16/c1-3-10(2)9-11-7-5-4-6-8-11/h4-7,9,11H,3,8H2,1-2H3. The van der Waals surface area contributed by atoms with Crippen LogP contribution in [0.3, 0.4) is 0 Å². The van der Waals surface area contributed by atoms with Gasteiger partial charge in [0.05, 0.1) is 0 Å². The van der Waals surface area contributed by atoms with Crippen molar-refractivity contribution >= 4 is 0 Å². The van der Waals surface area contributed by atoms with Crippen LogP contribution in [0.5, 0.6) is 0 Å². The molecule has 0 amide bonds. The molecule has 0 spiro atoms. The van der Waals surface area contributed by atoms with Crippen molar-refractivity contribution in [1.29, 1.82) is 0 Å². The van der Waals surface area contributed by atoms with Crippen molar-refractivity contribution in [2.24, 2.45) is 5.92 Å². The minimum Gasteiger partial charge on any atom is -0.0837 e. The number of rotatable bonds is 2. The number of hydrogen-bond donors (Lipinski definition) is 0. The molecule has 0 nitrogen and oxygen atoms in total. The lowest BCUT2D eigenvalue weighted by Crippen LogP contribution is -1.93. The Bertz CT molecular complexity index is 194. The second-order valence-electron chi connectivity index (χ2n) is 3.08. The Morgan fingerprint density at radius 3 is 2.91 bits per heavy atom. The smallest absolute Gasteiger partial charge is 0.00132 e. The summed E-state index contributed by atoms with van der Waals surface area (Å²) in [4.78, 5) is 0. The quantitative estimate of drug-likeness (QED) is 0.526. The molecule has 1 unspecified atom stereocenters. The third-order valence-electron chi connectivity index (χ3n) is 2.07. The molecule has 1 aliphatic rings. The van der Waals surface area contributed by atoms with Crippen LogP contribution in [-0.4, -0.2) is 0 Å². The highest BCUT2D eigenvalue weighted by atomic mass is 14.1. The van der Waals surface area contributed by atoms with Crippen molar-refractivity contribution in [2.45, 2.75) is 26.7 Å². The molecule has 0 saturated heterocycles. The molecule has 1 atom stereocenters. The minimum absolute atomic E-state index is 0.653. The van der Waals surface area contributed by atoms with Crippen molar-refractivity contribution in [3.8, 4) is 0 Å². The summed E-state index contributed by atoms with van der Waals surface area (Å²) in [6.45, 7) is 4.40. The summed E-state index contributed by atoms with van der Waals surface area (Å²) < 4.78 is 0. The van der Waals surface area contributed by atoms with E-state index in [1.54, 1.807) is 0 Å². The van der Waals surface area contributed by atoms with Gasteiger partial charge in [0, 0.05) is 0 Å². The maximum atomic E-state index is 2.36. The Labute approximate surface area is 69.3 Å². The van der Waals surface area contributed by atoms with Crippen LogP contribution in [-0.2, 0) is 0 Å². The summed E-state index contributed by atoms with van der Waals surface area (Å²) in [5.74, 6) is 0.653. The van der Waals surface area contributed by atoms with Crippen LogP contribution in [0.25, 0.3) is 0 Å². The van der Waals surface area contributed by atoms with Gasteiger partial charge < -0.3 is 0 Å². The minimum atomic E-state index is 0.653. The average Bonchev–Trinajstić information content (AvgIpc) is 2.06. The molecule has 0 bridgehead atoms. The van der Waals surface area contributed by atoms with Gasteiger partial charge >= 0.3 is 0 Å². The molecule has 1 rings (SSSR count). The van der Waals surface area contributed by atoms with Crippen molar-refractivity contribution in [1.82, 2.24) is 0 Å². The SMILES string of the molecule is CCC(C)=CC1C=CC=CC1. The van der Waals surface area contributed by atoms with Crippen molar-refractivity contribution in [3.63, 3.8) is 0 Å². The van der Waals surface area contributed by atoms with Crippen molar-refractivity contribution in [3.05, 3.63) is 36.0 Å². The van der Waals surface area contributed by atoms with E-state index < -0.39 is 0 Å². The fraction of sp³-hybridized carbons (Fsp3) is 0.455. The van der Waals surface area contributed by atoms with Gasteiger partial charge in [-0.05, 0) is 25.7 Å². The van der Waals surface area contributed by atoms with E-state index in [2.05, 4.69) is 44.2 Å². The largest absolute Gasteiger partial charge is 0.0837 e. The van der Waals surface area contributed by atoms with Crippen LogP contribution in [0.4, 0.5) is 0 Å². The summed E-state index contributed by atoms with van der Waals surface area (Å²) in [7, 11) is 0. The molecule has 1 aliphatic carbocycles. The highest BCUT2D eigenvalue weighted by Gasteiger charge is 2.00. The Morgan fingerprint density at radius 2 is 2.36 bits per heavy atom. The zero-order valence-corrected chi connectivity index (χ0v) is 7.38. The van der Waals surface area contributed by atoms with E-state index in [1.807, 2.05) is 0 Å². The van der Waals surface area contributed by atoms with E-state index in [1.165, 1.54) is 18.4 Å². The van der Waals surface area contributed by atoms with Gasteiger partial charge in [-0.15, -0.1) is 0 Å². The van der Waals surface area contributed by atoms with Crippen LogP contribution in [0, 0.1) is 5.92 Å². The lowest BCUT2D eigenvalue weighted by molar-refractivity contribution is 0.806. The first kappa shape index (κ1) is 8.32. The highest BCUT2D eigenvalue weighted by Crippen LogP contribution is 2.15. The molecule has 0 saturated carbocycles. The molecule has 0 fully saturated rings. The van der Waals surface area contributed by atoms with Crippen LogP contribution in [0.2, 0.25) is 0 Å². The second kappa shape index (κ2) is 4.17. The Hall–Kier alpha value is -0.780. The fourth-order valence-electron chi connectivity index (χ4n) is 1.21. The predicted octanol–water partition coefficient (Wildman–Crippen LogP) is 3.48. The zero-order valence-electron chi connectivity index (χ0n) is 7.38. The van der Waals surface area contributed by atoms with Gasteiger partial charge in [0.25, 0.3) is 0 Å². The molecule has 0 aliphatic heterocycles. The first-order valence-corrected chi connectivity index (χ1v) is 4.33. The van der Waals surface area contributed by atoms with Gasteiger partial charge in [0.1, 0.15) is 0 Å². The molecule has 0 aromatic carbocycles. The molecular formula is C11H16. The first-order chi connectivity index (χ1) is 5.33. The summed E-state index contributed by atoms with van der Waals surface area (Å²) in [5, 5.41) is 0. The summed E-state index contributed by atoms with van der Waals surface area (Å²) in [5.41, 5.74) is 1.50. The van der Waals surface area contributed by atoms with Crippen LogP contribution in [0.15, 0.2) is 36.0 Å². The lowest BCUT2D eigenvalue weighted by atomic mass is 9.98. The maximum absolute atomic E-state index is 2.36. The molecule has 0 N–H and O–H groups in total. The predicted molar refractivity (Wildman–Crippen MR) is 50.4 cm³/mol. The Morgan fingerprint density at radius 1 is 1.55 bits per heavy atom. The summed E-state index contributed by atoms with van der Waals surface area (Å²) in [6, 6.07) is 0. The molecule has 0 radical (unpaired) electrons. The maximum Gasteiger partial charge on any atom is -0.00132 e. The molecule has 0 aromatic rings. The topological polar surface area (TPSA) is 0 Å². The number of hydrogen-bond acceptors (Lipinski definition) is 0. The van der Waals surface area contributed by atoms with Gasteiger partial charge in [-0.1, -0.05) is 42.9 Å². The van der Waals surface area contributed by atoms with Gasteiger partial charge in [0.2, 0.25) is 0 Å². The van der Waals surface area contributed by atoms with E-state index in [0.717, 1.165) is 0 Å². The first-order valence-electron chi connectivity index (χ1n) is 4.33. The van der Waals surface area contributed by atoms with Gasteiger partial charge in [-0.2, -0.15) is 0 Å². The third-order valence-corrected chi connectivity index (χ3v) is 2.07. The van der Waals surface area contributed by atoms with E-state index in [4.69, 9.17) is 0 Å². The van der Waals surface area contributed by atoms with Crippen molar-refractivity contribution < 1.29 is 0 Å². The van der Waals surface area contributed by atoms with Crippen LogP contribution >= 0.6 is 0 Å². The Kier molecular flexibility index (Phi) is 3.15. The van der Waals surface area contributed by atoms with Crippen molar-refractivity contribution in [2.75, 3.05) is 0 Å². The van der Waals surface area contributed by atoms with E-state index in [0.29, 0.717) is 5.92 Å². The highest BCUT2D eigenvalue weighted by molar-refractivity contribution is 5.17. The Balaban J connectivity index is 2.50. The average molecular weight is 148 g/mol. The monoisotopic (exact) mass is 148 g/mol.